The molecule has 0 amide bonds. The molecule has 0 heterocycles. The van der Waals surface area contributed by atoms with E-state index in [0.717, 1.165) is 35.8 Å². The Hall–Kier alpha value is 0.0200. The molecular weight excluding hydrogens is 288 g/mol. The van der Waals surface area contributed by atoms with Crippen molar-refractivity contribution in [3.8, 4) is 0 Å². The predicted molar refractivity (Wildman–Crippen MR) is 96.2 cm³/mol. The Labute approximate surface area is 141 Å². The SMILES string of the molecule is CCCCCCSCC(=O)CC1(C)C2CC3CC(C2)CC1C3. The maximum Gasteiger partial charge on any atom is 0.143 e. The van der Waals surface area contributed by atoms with E-state index in [0.29, 0.717) is 11.2 Å². The molecule has 0 N–H and O–H groups in total. The summed E-state index contributed by atoms with van der Waals surface area (Å²) in [6.07, 6.45) is 13.4. The van der Waals surface area contributed by atoms with Crippen molar-refractivity contribution < 1.29 is 4.79 Å². The van der Waals surface area contributed by atoms with Gasteiger partial charge in [-0.2, -0.15) is 11.8 Å². The number of thioether (sulfide) groups is 1. The van der Waals surface area contributed by atoms with Crippen LogP contribution in [-0.2, 0) is 4.79 Å². The van der Waals surface area contributed by atoms with E-state index in [1.807, 2.05) is 11.8 Å². The van der Waals surface area contributed by atoms with Gasteiger partial charge in [-0.25, -0.2) is 0 Å². The van der Waals surface area contributed by atoms with Crippen LogP contribution in [0.15, 0.2) is 0 Å². The lowest BCUT2D eigenvalue weighted by molar-refractivity contribution is -0.133. The Bertz CT molecular complexity index is 361. The number of Topliss-reactive ketones (excluding diaryl/α,β-unsaturated/α-hetero) is 1. The second kappa shape index (κ2) is 7.28. The van der Waals surface area contributed by atoms with Crippen LogP contribution in [0.2, 0.25) is 0 Å². The summed E-state index contributed by atoms with van der Waals surface area (Å²) < 4.78 is 0. The molecule has 22 heavy (non-hydrogen) atoms. The molecule has 0 aliphatic heterocycles. The maximum absolute atomic E-state index is 12.5. The zero-order valence-corrected chi connectivity index (χ0v) is 15.4. The summed E-state index contributed by atoms with van der Waals surface area (Å²) in [5, 5.41) is 0. The van der Waals surface area contributed by atoms with Gasteiger partial charge in [-0.1, -0.05) is 33.1 Å². The van der Waals surface area contributed by atoms with E-state index in [4.69, 9.17) is 0 Å². The first-order valence-electron chi connectivity index (χ1n) is 9.71. The van der Waals surface area contributed by atoms with Crippen molar-refractivity contribution in [2.24, 2.45) is 29.1 Å². The summed E-state index contributed by atoms with van der Waals surface area (Å²) in [7, 11) is 0. The summed E-state index contributed by atoms with van der Waals surface area (Å²) in [4.78, 5) is 12.5. The average Bonchev–Trinajstić information content (AvgIpc) is 2.48. The van der Waals surface area contributed by atoms with E-state index in [-0.39, 0.29) is 0 Å². The van der Waals surface area contributed by atoms with Crippen molar-refractivity contribution >= 4 is 17.5 Å². The van der Waals surface area contributed by atoms with Crippen molar-refractivity contribution in [3.05, 3.63) is 0 Å². The molecule has 4 bridgehead atoms. The first-order valence-corrected chi connectivity index (χ1v) is 10.9. The Balaban J connectivity index is 1.43. The third-order valence-electron chi connectivity index (χ3n) is 6.99. The molecule has 0 radical (unpaired) electrons. The molecule has 4 aliphatic carbocycles. The topological polar surface area (TPSA) is 17.1 Å². The summed E-state index contributed by atoms with van der Waals surface area (Å²) in [6.45, 7) is 4.71. The van der Waals surface area contributed by atoms with Crippen LogP contribution in [0.1, 0.15) is 78.1 Å². The van der Waals surface area contributed by atoms with Crippen molar-refractivity contribution in [1.82, 2.24) is 0 Å². The number of rotatable bonds is 9. The fourth-order valence-corrected chi connectivity index (χ4v) is 6.72. The van der Waals surface area contributed by atoms with Crippen molar-refractivity contribution in [2.75, 3.05) is 11.5 Å². The highest BCUT2D eigenvalue weighted by molar-refractivity contribution is 7.99. The number of carbonyl (C=O) groups excluding carboxylic acids is 1. The standard InChI is InChI=1S/C20H34OS/c1-3-4-5-6-7-22-14-19(21)13-20(2)17-9-15-8-16(11-17)12-18(20)10-15/h15-18H,3-14H2,1-2H3. The van der Waals surface area contributed by atoms with Crippen LogP contribution in [0.5, 0.6) is 0 Å². The van der Waals surface area contributed by atoms with Gasteiger partial charge in [0.1, 0.15) is 5.78 Å². The first-order chi connectivity index (χ1) is 10.6. The molecule has 4 fully saturated rings. The Morgan fingerprint density at radius 3 is 2.23 bits per heavy atom. The highest BCUT2D eigenvalue weighted by atomic mass is 32.2. The van der Waals surface area contributed by atoms with Gasteiger partial charge in [-0.05, 0) is 73.4 Å². The number of ketones is 1. The summed E-state index contributed by atoms with van der Waals surface area (Å²) in [5.41, 5.74) is 0.354. The lowest BCUT2D eigenvalue weighted by Gasteiger charge is -2.60. The third kappa shape index (κ3) is 3.57. The summed E-state index contributed by atoms with van der Waals surface area (Å²) in [5.74, 6) is 6.24. The second-order valence-corrected chi connectivity index (χ2v) is 9.74. The molecule has 0 aromatic carbocycles. The zero-order chi connectivity index (χ0) is 15.6. The van der Waals surface area contributed by atoms with Crippen LogP contribution in [0.25, 0.3) is 0 Å². The van der Waals surface area contributed by atoms with E-state index in [1.54, 1.807) is 0 Å². The molecule has 0 unspecified atom stereocenters. The van der Waals surface area contributed by atoms with Crippen molar-refractivity contribution in [2.45, 2.75) is 78.1 Å². The normalized spacial score (nSPS) is 39.4. The van der Waals surface area contributed by atoms with Gasteiger partial charge in [0.05, 0.1) is 5.75 Å². The highest BCUT2D eigenvalue weighted by Crippen LogP contribution is 2.63. The molecule has 4 aliphatic rings. The lowest BCUT2D eigenvalue weighted by atomic mass is 9.45. The molecule has 4 rings (SSSR count). The molecule has 0 aromatic heterocycles. The molecule has 1 nitrogen and oxygen atoms in total. The number of carbonyl (C=O) groups is 1. The summed E-state index contributed by atoms with van der Waals surface area (Å²) in [6, 6.07) is 0. The van der Waals surface area contributed by atoms with Gasteiger partial charge in [0.25, 0.3) is 0 Å². The van der Waals surface area contributed by atoms with E-state index in [2.05, 4.69) is 13.8 Å². The van der Waals surface area contributed by atoms with Crippen LogP contribution >= 0.6 is 11.8 Å². The third-order valence-corrected chi connectivity index (χ3v) is 8.09. The van der Waals surface area contributed by atoms with Gasteiger partial charge in [-0.3, -0.25) is 4.79 Å². The van der Waals surface area contributed by atoms with Gasteiger partial charge in [0.2, 0.25) is 0 Å². The lowest BCUT2D eigenvalue weighted by Crippen LogP contribution is -2.52. The van der Waals surface area contributed by atoms with Crippen LogP contribution in [0.3, 0.4) is 0 Å². The summed E-state index contributed by atoms with van der Waals surface area (Å²) >= 11 is 1.89. The number of unbranched alkanes of at least 4 members (excludes halogenated alkanes) is 3. The Morgan fingerprint density at radius 1 is 1.00 bits per heavy atom. The number of hydrogen-bond donors (Lipinski definition) is 0. The van der Waals surface area contributed by atoms with E-state index >= 15 is 0 Å². The van der Waals surface area contributed by atoms with Crippen molar-refractivity contribution in [1.29, 1.82) is 0 Å². The van der Waals surface area contributed by atoms with E-state index in [9.17, 15) is 4.79 Å². The minimum Gasteiger partial charge on any atom is -0.299 e. The van der Waals surface area contributed by atoms with Gasteiger partial charge in [-0.15, -0.1) is 0 Å². The molecule has 0 atom stereocenters. The van der Waals surface area contributed by atoms with E-state index < -0.39 is 0 Å². The number of hydrogen-bond acceptors (Lipinski definition) is 2. The predicted octanol–water partition coefficient (Wildman–Crippen LogP) is 5.72. The largest absolute Gasteiger partial charge is 0.299 e. The molecule has 4 saturated carbocycles. The maximum atomic E-state index is 12.5. The highest BCUT2D eigenvalue weighted by Gasteiger charge is 2.54. The molecule has 0 saturated heterocycles. The van der Waals surface area contributed by atoms with Crippen LogP contribution in [-0.4, -0.2) is 17.3 Å². The zero-order valence-electron chi connectivity index (χ0n) is 14.6. The van der Waals surface area contributed by atoms with Crippen molar-refractivity contribution in [3.63, 3.8) is 0 Å². The van der Waals surface area contributed by atoms with Gasteiger partial charge >= 0.3 is 0 Å². The van der Waals surface area contributed by atoms with Gasteiger partial charge in [0, 0.05) is 6.42 Å². The van der Waals surface area contributed by atoms with E-state index in [1.165, 1.54) is 63.5 Å². The quantitative estimate of drug-likeness (QED) is 0.505. The second-order valence-electron chi connectivity index (χ2n) is 8.64. The Kier molecular flexibility index (Phi) is 5.58. The molecule has 126 valence electrons. The molecule has 0 aromatic rings. The average molecular weight is 323 g/mol. The van der Waals surface area contributed by atoms with Crippen LogP contribution in [0, 0.1) is 29.1 Å². The molecular formula is C20H34OS. The minimum absolute atomic E-state index is 0.354. The van der Waals surface area contributed by atoms with Gasteiger partial charge < -0.3 is 0 Å². The monoisotopic (exact) mass is 322 g/mol. The smallest absolute Gasteiger partial charge is 0.143 e. The Morgan fingerprint density at radius 2 is 1.64 bits per heavy atom. The fraction of sp³-hybridized carbons (Fsp3) is 0.950. The van der Waals surface area contributed by atoms with Gasteiger partial charge in [0.15, 0.2) is 0 Å². The fourth-order valence-electron chi connectivity index (χ4n) is 5.84. The molecule has 0 spiro atoms. The minimum atomic E-state index is 0.354. The molecule has 2 heteroatoms. The first kappa shape index (κ1) is 16.9. The van der Waals surface area contributed by atoms with Crippen LogP contribution < -0.4 is 0 Å². The van der Waals surface area contributed by atoms with Crippen LogP contribution in [0.4, 0.5) is 0 Å².